The Morgan fingerprint density at radius 3 is 2.42 bits per heavy atom. The van der Waals surface area contributed by atoms with Crippen molar-refractivity contribution < 1.29 is 9.59 Å². The topological polar surface area (TPSA) is 62.3 Å². The molecule has 1 N–H and O–H groups in total. The number of rotatable bonds is 4. The smallest absolute Gasteiger partial charge is 0.272 e. The molecule has 2 amide bonds. The van der Waals surface area contributed by atoms with E-state index in [4.69, 9.17) is 11.6 Å². The lowest BCUT2D eigenvalue weighted by molar-refractivity contribution is 0.0755. The molecular weight excluding hydrogens is 350 g/mol. The van der Waals surface area contributed by atoms with Gasteiger partial charge in [0.2, 0.25) is 0 Å². The molecule has 1 fully saturated rings. The minimum atomic E-state index is -0.229. The van der Waals surface area contributed by atoms with Crippen molar-refractivity contribution in [3.8, 4) is 0 Å². The zero-order valence-electron chi connectivity index (χ0n) is 14.6. The van der Waals surface area contributed by atoms with Crippen LogP contribution in [0.3, 0.4) is 0 Å². The van der Waals surface area contributed by atoms with Crippen molar-refractivity contribution in [2.75, 3.05) is 13.1 Å². The summed E-state index contributed by atoms with van der Waals surface area (Å²) in [5, 5.41) is 3.51. The third kappa shape index (κ3) is 4.82. The largest absolute Gasteiger partial charge is 0.348 e. The molecule has 1 aliphatic heterocycles. The van der Waals surface area contributed by atoms with Gasteiger partial charge in [0.1, 0.15) is 5.69 Å². The van der Waals surface area contributed by atoms with E-state index in [2.05, 4.69) is 10.3 Å². The summed E-state index contributed by atoms with van der Waals surface area (Å²) in [5.41, 5.74) is 1.72. The lowest BCUT2D eigenvalue weighted by Crippen LogP contribution is -2.32. The van der Waals surface area contributed by atoms with Gasteiger partial charge in [-0.15, -0.1) is 0 Å². The molecule has 1 aliphatic rings. The van der Waals surface area contributed by atoms with Crippen molar-refractivity contribution in [3.05, 3.63) is 64.4 Å². The third-order valence-electron chi connectivity index (χ3n) is 4.50. The van der Waals surface area contributed by atoms with E-state index in [1.54, 1.807) is 24.3 Å². The first-order valence-corrected chi connectivity index (χ1v) is 9.29. The molecule has 0 unspecified atom stereocenters. The van der Waals surface area contributed by atoms with Gasteiger partial charge in [0, 0.05) is 36.4 Å². The van der Waals surface area contributed by atoms with Gasteiger partial charge in [0.15, 0.2) is 0 Å². The Bertz CT molecular complexity index is 769. The molecule has 0 bridgehead atoms. The van der Waals surface area contributed by atoms with Gasteiger partial charge < -0.3 is 10.2 Å². The molecule has 3 rings (SSSR count). The van der Waals surface area contributed by atoms with Crippen LogP contribution in [-0.4, -0.2) is 34.8 Å². The van der Waals surface area contributed by atoms with Crippen molar-refractivity contribution in [2.45, 2.75) is 32.2 Å². The summed E-state index contributed by atoms with van der Waals surface area (Å²) < 4.78 is 0. The number of carbonyl (C=O) groups excluding carboxylic acids is 2. The van der Waals surface area contributed by atoms with Crippen LogP contribution >= 0.6 is 11.6 Å². The predicted octanol–water partition coefficient (Wildman–Crippen LogP) is 3.68. The number of amides is 2. The van der Waals surface area contributed by atoms with Crippen LogP contribution in [0.5, 0.6) is 0 Å². The third-order valence-corrected chi connectivity index (χ3v) is 4.75. The van der Waals surface area contributed by atoms with Gasteiger partial charge in [0.25, 0.3) is 11.8 Å². The van der Waals surface area contributed by atoms with Crippen LogP contribution in [0.15, 0.2) is 42.6 Å². The van der Waals surface area contributed by atoms with Gasteiger partial charge in [-0.25, -0.2) is 0 Å². The van der Waals surface area contributed by atoms with Crippen molar-refractivity contribution in [2.24, 2.45) is 0 Å². The second-order valence-corrected chi connectivity index (χ2v) is 6.88. The second-order valence-electron chi connectivity index (χ2n) is 6.45. The molecule has 2 heterocycles. The number of carbonyl (C=O) groups is 2. The van der Waals surface area contributed by atoms with E-state index in [0.717, 1.165) is 44.3 Å². The highest BCUT2D eigenvalue weighted by Crippen LogP contribution is 2.14. The van der Waals surface area contributed by atoms with E-state index in [1.165, 1.54) is 6.20 Å². The Labute approximate surface area is 158 Å². The number of halogens is 1. The number of likely N-dealkylation sites (tertiary alicyclic amines) is 1. The minimum Gasteiger partial charge on any atom is -0.348 e. The van der Waals surface area contributed by atoms with E-state index in [0.29, 0.717) is 22.8 Å². The lowest BCUT2D eigenvalue weighted by Gasteiger charge is -2.19. The molecule has 0 atom stereocenters. The first-order valence-electron chi connectivity index (χ1n) is 8.91. The molecule has 26 heavy (non-hydrogen) atoms. The molecule has 136 valence electrons. The zero-order valence-corrected chi connectivity index (χ0v) is 15.3. The molecule has 1 aromatic carbocycles. The fourth-order valence-corrected chi connectivity index (χ4v) is 3.14. The van der Waals surface area contributed by atoms with Gasteiger partial charge in [-0.2, -0.15) is 0 Å². The second kappa shape index (κ2) is 8.81. The fourth-order valence-electron chi connectivity index (χ4n) is 3.01. The Hall–Kier alpha value is -2.40. The Kier molecular flexibility index (Phi) is 6.23. The number of hydrogen-bond donors (Lipinski definition) is 1. The van der Waals surface area contributed by atoms with Crippen molar-refractivity contribution in [1.29, 1.82) is 0 Å². The molecule has 0 aliphatic carbocycles. The van der Waals surface area contributed by atoms with E-state index < -0.39 is 0 Å². The van der Waals surface area contributed by atoms with E-state index in [9.17, 15) is 9.59 Å². The number of nitrogens with one attached hydrogen (secondary N) is 1. The van der Waals surface area contributed by atoms with E-state index in [1.807, 2.05) is 17.0 Å². The van der Waals surface area contributed by atoms with Gasteiger partial charge >= 0.3 is 0 Å². The maximum atomic E-state index is 12.7. The molecule has 0 radical (unpaired) electrons. The van der Waals surface area contributed by atoms with Crippen LogP contribution < -0.4 is 5.32 Å². The molecule has 2 aromatic rings. The standard InChI is InChI=1S/C20H22ClN3O2/c21-17-7-5-15(6-8-17)14-23-19(25)16-9-10-22-18(13-16)20(26)24-11-3-1-2-4-12-24/h5-10,13H,1-4,11-12,14H2,(H,23,25). The molecule has 1 aromatic heterocycles. The maximum Gasteiger partial charge on any atom is 0.272 e. The van der Waals surface area contributed by atoms with Gasteiger partial charge in [0.05, 0.1) is 0 Å². The van der Waals surface area contributed by atoms with Crippen LogP contribution in [0.2, 0.25) is 5.02 Å². The number of benzene rings is 1. The van der Waals surface area contributed by atoms with Crippen LogP contribution in [0.25, 0.3) is 0 Å². The summed E-state index contributed by atoms with van der Waals surface area (Å²) in [6.07, 6.45) is 5.87. The normalized spacial score (nSPS) is 14.6. The van der Waals surface area contributed by atoms with Gasteiger partial charge in [-0.1, -0.05) is 36.6 Å². The lowest BCUT2D eigenvalue weighted by atomic mass is 10.2. The zero-order chi connectivity index (χ0) is 18.4. The average Bonchev–Trinajstić information content (AvgIpc) is 2.96. The summed E-state index contributed by atoms with van der Waals surface area (Å²) in [4.78, 5) is 31.1. The monoisotopic (exact) mass is 371 g/mol. The van der Waals surface area contributed by atoms with Crippen LogP contribution in [-0.2, 0) is 6.54 Å². The predicted molar refractivity (Wildman–Crippen MR) is 101 cm³/mol. The summed E-state index contributed by atoms with van der Waals surface area (Å²) in [7, 11) is 0. The number of nitrogens with zero attached hydrogens (tertiary/aromatic N) is 2. The van der Waals surface area contributed by atoms with Gasteiger partial charge in [-0.3, -0.25) is 14.6 Å². The molecular formula is C20H22ClN3O2. The van der Waals surface area contributed by atoms with Crippen LogP contribution in [0.4, 0.5) is 0 Å². The Balaban J connectivity index is 1.64. The fraction of sp³-hybridized carbons (Fsp3) is 0.350. The molecule has 0 spiro atoms. The van der Waals surface area contributed by atoms with Gasteiger partial charge in [-0.05, 0) is 42.7 Å². The first-order chi connectivity index (χ1) is 12.6. The summed E-state index contributed by atoms with van der Waals surface area (Å²) in [6, 6.07) is 10.5. The molecule has 1 saturated heterocycles. The highest BCUT2D eigenvalue weighted by Gasteiger charge is 2.19. The average molecular weight is 372 g/mol. The Morgan fingerprint density at radius 1 is 1.04 bits per heavy atom. The molecule has 5 nitrogen and oxygen atoms in total. The molecule has 0 saturated carbocycles. The summed E-state index contributed by atoms with van der Waals surface area (Å²) in [6.45, 7) is 1.91. The maximum absolute atomic E-state index is 12.7. The highest BCUT2D eigenvalue weighted by atomic mass is 35.5. The van der Waals surface area contributed by atoms with E-state index >= 15 is 0 Å². The summed E-state index contributed by atoms with van der Waals surface area (Å²) >= 11 is 5.86. The number of pyridine rings is 1. The van der Waals surface area contributed by atoms with Crippen molar-refractivity contribution in [3.63, 3.8) is 0 Å². The summed E-state index contributed by atoms with van der Waals surface area (Å²) in [5.74, 6) is -0.327. The van der Waals surface area contributed by atoms with Crippen LogP contribution in [0, 0.1) is 0 Å². The minimum absolute atomic E-state index is 0.0979. The van der Waals surface area contributed by atoms with Crippen LogP contribution in [0.1, 0.15) is 52.1 Å². The SMILES string of the molecule is O=C(NCc1ccc(Cl)cc1)c1ccnc(C(=O)N2CCCCCC2)c1. The highest BCUT2D eigenvalue weighted by molar-refractivity contribution is 6.30. The first kappa shape index (κ1) is 18.4. The van der Waals surface area contributed by atoms with Crippen molar-refractivity contribution in [1.82, 2.24) is 15.2 Å². The van der Waals surface area contributed by atoms with Crippen molar-refractivity contribution >= 4 is 23.4 Å². The number of hydrogen-bond acceptors (Lipinski definition) is 3. The molecule has 6 heteroatoms. The quantitative estimate of drug-likeness (QED) is 0.891. The number of aromatic nitrogens is 1. The van der Waals surface area contributed by atoms with E-state index in [-0.39, 0.29) is 11.8 Å². The Morgan fingerprint density at radius 2 is 1.73 bits per heavy atom.